The van der Waals surface area contributed by atoms with Gasteiger partial charge in [-0.25, -0.2) is 0 Å². The van der Waals surface area contributed by atoms with Gasteiger partial charge in [-0.3, -0.25) is 4.79 Å². The number of hydrogen-bond donors (Lipinski definition) is 3. The molecule has 19 heavy (non-hydrogen) atoms. The van der Waals surface area contributed by atoms with Gasteiger partial charge in [0.15, 0.2) is 6.10 Å². The lowest BCUT2D eigenvalue weighted by atomic mass is 10.1. The Balaban J connectivity index is 2.20. The topological polar surface area (TPSA) is 70.6 Å². The molecule has 2 unspecified atom stereocenters. The number of carbonyl (C=O) groups excluding carboxylic acids is 1. The van der Waals surface area contributed by atoms with Crippen LogP contribution in [0, 0.1) is 0 Å². The number of rotatable bonds is 5. The van der Waals surface area contributed by atoms with E-state index in [0.29, 0.717) is 11.4 Å². The number of aliphatic hydroxyl groups excluding tert-OH is 1. The minimum Gasteiger partial charge on any atom is -0.479 e. The molecule has 2 atom stereocenters. The molecule has 1 aromatic carbocycles. The van der Waals surface area contributed by atoms with Crippen LogP contribution in [0.15, 0.2) is 18.2 Å². The molecule has 1 aliphatic heterocycles. The third-order valence-corrected chi connectivity index (χ3v) is 3.16. The molecule has 0 aromatic heterocycles. The van der Waals surface area contributed by atoms with Gasteiger partial charge in [-0.15, -0.1) is 0 Å². The van der Waals surface area contributed by atoms with Crippen LogP contribution < -0.4 is 15.4 Å². The van der Waals surface area contributed by atoms with Crippen molar-refractivity contribution in [3.8, 4) is 5.75 Å². The fraction of sp³-hybridized carbons (Fsp3) is 0.500. The number of aliphatic hydroxyl groups is 1. The molecule has 2 rings (SSSR count). The molecule has 0 spiro atoms. The molecule has 5 nitrogen and oxygen atoms in total. The second kappa shape index (κ2) is 6.04. The smallest absolute Gasteiger partial charge is 0.265 e. The Labute approximate surface area is 113 Å². The lowest BCUT2D eigenvalue weighted by Crippen LogP contribution is -2.34. The Morgan fingerprint density at radius 1 is 1.53 bits per heavy atom. The first-order valence-corrected chi connectivity index (χ1v) is 6.61. The number of ether oxygens (including phenoxy) is 1. The predicted octanol–water partition coefficient (Wildman–Crippen LogP) is 1.44. The van der Waals surface area contributed by atoms with Gasteiger partial charge in [-0.05, 0) is 37.6 Å². The monoisotopic (exact) mass is 264 g/mol. The lowest BCUT2D eigenvalue weighted by Gasteiger charge is -2.25. The molecule has 0 saturated carbocycles. The van der Waals surface area contributed by atoms with Gasteiger partial charge in [0, 0.05) is 0 Å². The SMILES string of the molecule is CCCNC(CO)c1ccc2c(c1)NC(=O)C(C)O2. The second-order valence-corrected chi connectivity index (χ2v) is 4.69. The summed E-state index contributed by atoms with van der Waals surface area (Å²) >= 11 is 0. The number of nitrogens with one attached hydrogen (secondary N) is 2. The minimum atomic E-state index is -0.467. The molecular weight excluding hydrogens is 244 g/mol. The van der Waals surface area contributed by atoms with Gasteiger partial charge < -0.3 is 20.5 Å². The first-order valence-electron chi connectivity index (χ1n) is 6.61. The Morgan fingerprint density at radius 2 is 2.32 bits per heavy atom. The molecule has 0 fully saturated rings. The summed E-state index contributed by atoms with van der Waals surface area (Å²) in [6.07, 6.45) is 0.531. The Hall–Kier alpha value is -1.59. The average Bonchev–Trinajstić information content (AvgIpc) is 2.41. The van der Waals surface area contributed by atoms with Crippen LogP contribution in [0.5, 0.6) is 5.75 Å². The Kier molecular flexibility index (Phi) is 4.39. The van der Waals surface area contributed by atoms with Crippen molar-refractivity contribution in [3.05, 3.63) is 23.8 Å². The van der Waals surface area contributed by atoms with E-state index in [1.165, 1.54) is 0 Å². The number of benzene rings is 1. The lowest BCUT2D eigenvalue weighted by molar-refractivity contribution is -0.122. The number of carbonyl (C=O) groups is 1. The van der Waals surface area contributed by atoms with E-state index >= 15 is 0 Å². The highest BCUT2D eigenvalue weighted by Gasteiger charge is 2.24. The highest BCUT2D eigenvalue weighted by Crippen LogP contribution is 2.32. The first kappa shape index (κ1) is 13.8. The van der Waals surface area contributed by atoms with Crippen LogP contribution in [-0.4, -0.2) is 30.3 Å². The summed E-state index contributed by atoms with van der Waals surface area (Å²) < 4.78 is 5.50. The number of amides is 1. The summed E-state index contributed by atoms with van der Waals surface area (Å²) in [5.41, 5.74) is 1.60. The van der Waals surface area contributed by atoms with Gasteiger partial charge in [-0.2, -0.15) is 0 Å². The first-order chi connectivity index (χ1) is 9.15. The van der Waals surface area contributed by atoms with Crippen molar-refractivity contribution >= 4 is 11.6 Å². The van der Waals surface area contributed by atoms with E-state index in [2.05, 4.69) is 17.6 Å². The highest BCUT2D eigenvalue weighted by molar-refractivity contribution is 5.97. The standard InChI is InChI=1S/C14H20N2O3/c1-3-6-15-12(8-17)10-4-5-13-11(7-10)16-14(18)9(2)19-13/h4-5,7,9,12,15,17H,3,6,8H2,1-2H3,(H,16,18). The molecule has 5 heteroatoms. The second-order valence-electron chi connectivity index (χ2n) is 4.69. The van der Waals surface area contributed by atoms with Crippen LogP contribution >= 0.6 is 0 Å². The third kappa shape index (κ3) is 3.05. The van der Waals surface area contributed by atoms with Crippen molar-refractivity contribution in [1.82, 2.24) is 5.32 Å². The van der Waals surface area contributed by atoms with E-state index in [1.54, 1.807) is 6.92 Å². The van der Waals surface area contributed by atoms with Crippen LogP contribution in [-0.2, 0) is 4.79 Å². The average molecular weight is 264 g/mol. The summed E-state index contributed by atoms with van der Waals surface area (Å²) in [4.78, 5) is 11.6. The normalized spacial score (nSPS) is 19.3. The third-order valence-electron chi connectivity index (χ3n) is 3.16. The van der Waals surface area contributed by atoms with E-state index in [0.717, 1.165) is 18.5 Å². The molecule has 1 aliphatic rings. The molecule has 0 saturated heterocycles. The largest absolute Gasteiger partial charge is 0.479 e. The van der Waals surface area contributed by atoms with E-state index in [1.807, 2.05) is 18.2 Å². The van der Waals surface area contributed by atoms with E-state index < -0.39 is 6.10 Å². The molecule has 0 radical (unpaired) electrons. The molecule has 3 N–H and O–H groups in total. The van der Waals surface area contributed by atoms with Crippen molar-refractivity contribution in [3.63, 3.8) is 0 Å². The maximum absolute atomic E-state index is 11.6. The molecule has 1 aromatic rings. The summed E-state index contributed by atoms with van der Waals surface area (Å²) in [7, 11) is 0. The van der Waals surface area contributed by atoms with Crippen molar-refractivity contribution in [2.75, 3.05) is 18.5 Å². The van der Waals surface area contributed by atoms with Crippen LogP contribution in [0.1, 0.15) is 31.9 Å². The molecule has 0 bridgehead atoms. The Bertz CT molecular complexity index is 462. The quantitative estimate of drug-likeness (QED) is 0.752. The predicted molar refractivity (Wildman–Crippen MR) is 73.3 cm³/mol. The number of hydrogen-bond acceptors (Lipinski definition) is 4. The molecule has 1 heterocycles. The minimum absolute atomic E-state index is 0.0179. The fourth-order valence-corrected chi connectivity index (χ4v) is 2.05. The van der Waals surface area contributed by atoms with Gasteiger partial charge in [0.1, 0.15) is 5.75 Å². The highest BCUT2D eigenvalue weighted by atomic mass is 16.5. The van der Waals surface area contributed by atoms with Gasteiger partial charge in [0.25, 0.3) is 5.91 Å². The van der Waals surface area contributed by atoms with Crippen LogP contribution in [0.25, 0.3) is 0 Å². The zero-order chi connectivity index (χ0) is 13.8. The van der Waals surface area contributed by atoms with Crippen molar-refractivity contribution in [2.24, 2.45) is 0 Å². The van der Waals surface area contributed by atoms with Gasteiger partial charge in [0.2, 0.25) is 0 Å². The fourth-order valence-electron chi connectivity index (χ4n) is 2.05. The van der Waals surface area contributed by atoms with Crippen molar-refractivity contribution in [2.45, 2.75) is 32.4 Å². The van der Waals surface area contributed by atoms with Crippen molar-refractivity contribution < 1.29 is 14.6 Å². The van der Waals surface area contributed by atoms with Gasteiger partial charge in [0.05, 0.1) is 18.3 Å². The van der Waals surface area contributed by atoms with Gasteiger partial charge in [-0.1, -0.05) is 13.0 Å². The van der Waals surface area contributed by atoms with E-state index in [9.17, 15) is 9.90 Å². The zero-order valence-electron chi connectivity index (χ0n) is 11.3. The van der Waals surface area contributed by atoms with Gasteiger partial charge >= 0.3 is 0 Å². The van der Waals surface area contributed by atoms with Crippen LogP contribution in [0.4, 0.5) is 5.69 Å². The summed E-state index contributed by atoms with van der Waals surface area (Å²) in [6.45, 7) is 4.64. The van der Waals surface area contributed by atoms with Crippen LogP contribution in [0.3, 0.4) is 0 Å². The molecule has 1 amide bonds. The maximum atomic E-state index is 11.6. The zero-order valence-corrected chi connectivity index (χ0v) is 11.3. The summed E-state index contributed by atoms with van der Waals surface area (Å²) in [5, 5.41) is 15.5. The Morgan fingerprint density at radius 3 is 3.00 bits per heavy atom. The number of anilines is 1. The molecule has 0 aliphatic carbocycles. The molecule has 104 valence electrons. The van der Waals surface area contributed by atoms with E-state index in [-0.39, 0.29) is 18.6 Å². The van der Waals surface area contributed by atoms with Crippen LogP contribution in [0.2, 0.25) is 0 Å². The molecular formula is C14H20N2O3. The number of fused-ring (bicyclic) bond motifs is 1. The maximum Gasteiger partial charge on any atom is 0.265 e. The summed E-state index contributed by atoms with van der Waals surface area (Å²) in [5.74, 6) is 0.523. The van der Waals surface area contributed by atoms with E-state index in [4.69, 9.17) is 4.74 Å². The van der Waals surface area contributed by atoms with Crippen molar-refractivity contribution in [1.29, 1.82) is 0 Å². The summed E-state index contributed by atoms with van der Waals surface area (Å²) in [6, 6.07) is 5.47.